The Bertz CT molecular complexity index is 5570. The van der Waals surface area contributed by atoms with Crippen molar-refractivity contribution in [1.82, 2.24) is 23.3 Å². The zero-order valence-corrected chi connectivity index (χ0v) is 59.7. The molecule has 0 atom stereocenters. The van der Waals surface area contributed by atoms with E-state index in [4.69, 9.17) is 71.3 Å². The van der Waals surface area contributed by atoms with E-state index in [0.717, 1.165) is 42.5 Å². The number of H-pyrrole nitrogens is 1. The van der Waals surface area contributed by atoms with Crippen LogP contribution in [-0.4, -0.2) is 39.7 Å². The fraction of sp³-hybridized carbons (Fsp3) is 0.171. The van der Waals surface area contributed by atoms with Gasteiger partial charge in [-0.05, 0) is 168 Å². The van der Waals surface area contributed by atoms with Crippen molar-refractivity contribution in [1.29, 1.82) is 0 Å². The lowest BCUT2D eigenvalue weighted by Crippen LogP contribution is -2.25. The Morgan fingerprint density at radius 3 is 1.12 bits per heavy atom. The molecule has 0 aliphatic heterocycles. The van der Waals surface area contributed by atoms with E-state index in [0.29, 0.717) is 81.1 Å². The third-order valence-corrected chi connectivity index (χ3v) is 17.0. The molecule has 0 saturated heterocycles. The number of nitrogens with zero attached hydrogens (tertiary/aromatic N) is 4. The van der Waals surface area contributed by atoms with E-state index in [2.05, 4.69) is 52.3 Å². The fourth-order valence-electron chi connectivity index (χ4n) is 9.95. The van der Waals surface area contributed by atoms with Crippen LogP contribution in [0.15, 0.2) is 240 Å². The van der Waals surface area contributed by atoms with Crippen LogP contribution in [-0.2, 0) is 26.7 Å². The number of halogens is 10. The highest BCUT2D eigenvalue weighted by atomic mass is 127. The van der Waals surface area contributed by atoms with Crippen molar-refractivity contribution in [3.63, 3.8) is 0 Å². The number of nitrogens with one attached hydrogen (secondary N) is 1. The van der Waals surface area contributed by atoms with Crippen molar-refractivity contribution in [3.8, 4) is 0 Å². The molecule has 5 heterocycles. The summed E-state index contributed by atoms with van der Waals surface area (Å²) < 4.78 is 66.5. The molecule has 0 unspecified atom stereocenters. The van der Waals surface area contributed by atoms with Crippen molar-refractivity contribution in [2.24, 2.45) is 13.0 Å². The van der Waals surface area contributed by atoms with Gasteiger partial charge in [-0.15, -0.1) is 0 Å². The largest absolute Gasteiger partial charge is 0.422 e. The quantitative estimate of drug-likeness (QED) is 0.115. The predicted molar refractivity (Wildman–Crippen MR) is 393 cm³/mol. The summed E-state index contributed by atoms with van der Waals surface area (Å²) >= 11 is 34.5. The number of aromatic amines is 1. The number of fused-ring (bicyclic) bond motifs is 5. The van der Waals surface area contributed by atoms with Crippen molar-refractivity contribution in [2.45, 2.75) is 51.5 Å². The molecule has 13 aromatic rings. The number of hydrogen-bond donors (Lipinski definition) is 1. The predicted octanol–water partition coefficient (Wildman–Crippen LogP) is 14.5. The smallest absolute Gasteiger partial charge is 0.372 e. The van der Waals surface area contributed by atoms with Crippen LogP contribution < -0.4 is 56.9 Å². The van der Waals surface area contributed by atoms with E-state index >= 15 is 0 Å². The molecule has 30 heteroatoms. The normalized spacial score (nSPS) is 13.0. The van der Waals surface area contributed by atoms with Crippen molar-refractivity contribution >= 4 is 151 Å². The van der Waals surface area contributed by atoms with Crippen LogP contribution in [0.3, 0.4) is 0 Å². The molecule has 1 aliphatic carbocycles. The Morgan fingerprint density at radius 1 is 0.420 bits per heavy atom. The van der Waals surface area contributed by atoms with Gasteiger partial charge in [0.1, 0.15) is 17.8 Å². The minimum atomic E-state index is -0.765. The number of alkyl halides is 3. The first-order chi connectivity index (χ1) is 47.8. The molecule has 100 heavy (non-hydrogen) atoms. The minimum absolute atomic E-state index is 0.168. The van der Waals surface area contributed by atoms with E-state index in [1.165, 1.54) is 79.9 Å². The highest BCUT2D eigenvalue weighted by Crippen LogP contribution is 2.27. The molecule has 1 saturated carbocycles. The lowest BCUT2D eigenvalue weighted by Gasteiger charge is -2.21. The van der Waals surface area contributed by atoms with Gasteiger partial charge < -0.3 is 22.1 Å². The minimum Gasteiger partial charge on any atom is -0.372 e. The van der Waals surface area contributed by atoms with Gasteiger partial charge in [-0.1, -0.05) is 151 Å². The second-order valence-corrected chi connectivity index (χ2v) is 24.4. The molecular formula is C70H53BrCl5F3IN5O15. The average molecular weight is 1650 g/mol. The molecule has 0 bridgehead atoms. The topological polar surface area (TPSA) is 272 Å². The molecule has 14 rings (SSSR count). The van der Waals surface area contributed by atoms with Crippen molar-refractivity contribution < 1.29 is 35.3 Å². The second kappa shape index (κ2) is 35.8. The van der Waals surface area contributed by atoms with Gasteiger partial charge in [-0.3, -0.25) is 23.3 Å². The van der Waals surface area contributed by atoms with Gasteiger partial charge in [0.25, 0.3) is 0 Å². The number of hydrogen-bond acceptors (Lipinski definition) is 15. The van der Waals surface area contributed by atoms with Gasteiger partial charge in [0, 0.05) is 37.5 Å². The number of aromatic nitrogens is 5. The van der Waals surface area contributed by atoms with Crippen LogP contribution >= 0.6 is 96.5 Å². The van der Waals surface area contributed by atoms with E-state index < -0.39 is 63.1 Å². The molecule has 0 amide bonds. The Labute approximate surface area is 607 Å². The first-order valence-electron chi connectivity index (χ1n) is 29.5. The zero-order valence-electron chi connectivity index (χ0n) is 52.2. The highest BCUT2D eigenvalue weighted by molar-refractivity contribution is 14.1. The Morgan fingerprint density at radius 2 is 0.740 bits per heavy atom. The second-order valence-electron chi connectivity index (χ2n) is 21.6. The van der Waals surface area contributed by atoms with Gasteiger partial charge in [0.05, 0.1) is 74.1 Å². The van der Waals surface area contributed by atoms with Crippen molar-refractivity contribution in [3.05, 3.63) is 328 Å². The van der Waals surface area contributed by atoms with Crippen LogP contribution in [0.25, 0.3) is 54.5 Å². The summed E-state index contributed by atoms with van der Waals surface area (Å²) in [5.74, 6) is -3.61. The Balaban J connectivity index is 0.000000155. The van der Waals surface area contributed by atoms with Gasteiger partial charge in [0.15, 0.2) is 0 Å². The zero-order chi connectivity index (χ0) is 72.5. The van der Waals surface area contributed by atoms with E-state index in [-0.39, 0.29) is 40.9 Å². The molecule has 1 aliphatic rings. The molecule has 0 spiro atoms. The first-order valence-corrected chi connectivity index (χ1v) is 34.7. The van der Waals surface area contributed by atoms with Crippen LogP contribution in [0.4, 0.5) is 13.2 Å². The van der Waals surface area contributed by atoms with E-state index in [1.807, 2.05) is 35.3 Å². The van der Waals surface area contributed by atoms with Crippen LogP contribution in [0, 0.1) is 17.6 Å². The number of rotatable bonds is 7. The molecule has 1 fully saturated rings. The number of benzene rings is 8. The van der Waals surface area contributed by atoms with E-state index in [1.54, 1.807) is 84.9 Å². The average Bonchev–Trinajstić information content (AvgIpc) is 0.810. The SMILES string of the molecule is CI.Cn1c(=O)oc(=O)c2cc(Cl)ccc21.FC1CCC(CBr)CC1.O=c1[nH]c2ccc(Cl)cc2c(=O)o1.O=c1oc(=O)n(Cc2ccc(F)cc2)c2ccc(Cl)cc12.O=c1oc(=O)n(Cc2ccc(F)cc2)c2ccc(Cl)cc12.O=c1oc(=O)n(Cc2ccccc2)c2ccc(Cl)cc12. The van der Waals surface area contributed by atoms with Crippen LogP contribution in [0.1, 0.15) is 42.4 Å². The van der Waals surface area contributed by atoms with Gasteiger partial charge in [-0.25, -0.2) is 61.1 Å². The summed E-state index contributed by atoms with van der Waals surface area (Å²) in [5, 5.41) is 4.42. The summed E-state index contributed by atoms with van der Waals surface area (Å²) in [6.45, 7) is 0.670. The summed E-state index contributed by atoms with van der Waals surface area (Å²) in [5.41, 5.74) is 1.19. The Hall–Kier alpha value is -9.09. The lowest BCUT2D eigenvalue weighted by molar-refractivity contribution is 0.218. The van der Waals surface area contributed by atoms with Gasteiger partial charge in [0.2, 0.25) is 0 Å². The van der Waals surface area contributed by atoms with E-state index in [9.17, 15) is 61.1 Å². The van der Waals surface area contributed by atoms with Gasteiger partial charge in [-0.2, -0.15) is 0 Å². The molecule has 1 N–H and O–H groups in total. The standard InChI is InChI=1S/2C15H9ClFNO3.C15H10ClNO3.C9H6ClNO3.C8H4ClNO3.C7H12BrF.CH3I/c2*16-10-3-6-13-12(7-10)14(19)21-15(20)18(13)8-9-1-4-11(17)5-2-9;16-11-6-7-13-12(8-11)14(18)20-15(19)17(13)9-10-4-2-1-3-5-10;1-11-7-3-2-5(10)4-6(7)8(12)14-9(11)13;9-4-1-2-6-5(3-4)7(11)13-8(12)10-6;8-5-6-1-3-7(9)4-2-6;1-2/h2*1-7H,8H2;1-8H,9H2;2-4H,1H3;1-3H,(H,10,12);6-7H,1-5H2;1H3. The van der Waals surface area contributed by atoms with Crippen LogP contribution in [0.5, 0.6) is 0 Å². The maximum absolute atomic E-state index is 12.9. The van der Waals surface area contributed by atoms with Crippen molar-refractivity contribution in [2.75, 3.05) is 10.3 Å². The van der Waals surface area contributed by atoms with Crippen LogP contribution in [0.2, 0.25) is 25.1 Å². The monoisotopic (exact) mass is 1640 g/mol. The van der Waals surface area contributed by atoms with Gasteiger partial charge >= 0.3 is 56.9 Å². The first kappa shape index (κ1) is 76.7. The fourth-order valence-corrected chi connectivity index (χ4v) is 11.5. The number of aryl methyl sites for hydroxylation is 1. The third-order valence-electron chi connectivity index (χ3n) is 14.9. The maximum atomic E-state index is 12.9. The molecular weight excluding hydrogens is 1590 g/mol. The molecule has 518 valence electrons. The maximum Gasteiger partial charge on any atom is 0.422 e. The molecule has 8 aromatic carbocycles. The summed E-state index contributed by atoms with van der Waals surface area (Å²) in [7, 11) is 1.53. The highest BCUT2D eigenvalue weighted by Gasteiger charge is 2.19. The Kier molecular flexibility index (Phi) is 27.4. The third kappa shape index (κ3) is 20.3. The molecule has 5 aromatic heterocycles. The molecule has 0 radical (unpaired) electrons. The summed E-state index contributed by atoms with van der Waals surface area (Å²) in [4.78, 5) is 119. The lowest BCUT2D eigenvalue weighted by atomic mass is 9.90. The summed E-state index contributed by atoms with van der Waals surface area (Å²) in [6, 6.07) is 44.3. The summed E-state index contributed by atoms with van der Waals surface area (Å²) in [6.07, 6.45) is 3.23. The molecule has 20 nitrogen and oxygen atoms in total.